The number of amidine groups is 1. The highest BCUT2D eigenvalue weighted by molar-refractivity contribution is 7.98. The van der Waals surface area contributed by atoms with Gasteiger partial charge in [-0.05, 0) is 30.2 Å². The highest BCUT2D eigenvalue weighted by atomic mass is 32.2. The molecule has 0 bridgehead atoms. The molecule has 0 aliphatic carbocycles. The van der Waals surface area contributed by atoms with E-state index in [4.69, 9.17) is 10.9 Å². The highest BCUT2D eigenvalue weighted by Crippen LogP contribution is 2.31. The first-order chi connectivity index (χ1) is 9.15. The molecule has 5 nitrogen and oxygen atoms in total. The van der Waals surface area contributed by atoms with Crippen LogP contribution in [0.2, 0.25) is 0 Å². The third-order valence-corrected chi connectivity index (χ3v) is 5.28. The van der Waals surface area contributed by atoms with Crippen molar-refractivity contribution in [2.45, 2.75) is 31.6 Å². The number of hydrogen-bond donors (Lipinski definition) is 3. The van der Waals surface area contributed by atoms with E-state index in [1.165, 1.54) is 10.4 Å². The number of hydrogen-bond acceptors (Lipinski definition) is 5. The molecule has 2 rings (SSSR count). The second-order valence-corrected chi connectivity index (χ2v) is 6.56. The zero-order valence-corrected chi connectivity index (χ0v) is 12.3. The molecular formula is C12H17N3O2S2. The Kier molecular flexibility index (Phi) is 4.71. The van der Waals surface area contributed by atoms with E-state index in [1.807, 2.05) is 24.8 Å². The molecule has 0 saturated heterocycles. The second-order valence-electron chi connectivity index (χ2n) is 4.32. The van der Waals surface area contributed by atoms with Gasteiger partial charge in [-0.15, -0.1) is 11.3 Å². The number of aryl methyl sites for hydroxylation is 1. The minimum absolute atomic E-state index is 0.0349. The summed E-state index contributed by atoms with van der Waals surface area (Å²) < 4.78 is 0. The largest absolute Gasteiger partial charge is 0.409 e. The van der Waals surface area contributed by atoms with E-state index >= 15 is 0 Å². The normalized spacial score (nSPS) is 16.8. The van der Waals surface area contributed by atoms with E-state index in [9.17, 15) is 4.79 Å². The van der Waals surface area contributed by atoms with Crippen molar-refractivity contribution in [2.24, 2.45) is 10.9 Å². The van der Waals surface area contributed by atoms with Crippen LogP contribution in [0.15, 0.2) is 11.2 Å². The Balaban J connectivity index is 2.09. The SMILES string of the molecule is CCC(NC(=O)c1cc2c(s1)CCSC2)C(N)=NO. The van der Waals surface area contributed by atoms with Crippen molar-refractivity contribution in [1.82, 2.24) is 5.32 Å². The quantitative estimate of drug-likeness (QED) is 0.342. The molecule has 2 heterocycles. The van der Waals surface area contributed by atoms with Crippen molar-refractivity contribution in [2.75, 3.05) is 5.75 Å². The van der Waals surface area contributed by atoms with Gasteiger partial charge in [-0.2, -0.15) is 11.8 Å². The van der Waals surface area contributed by atoms with Gasteiger partial charge in [0.1, 0.15) is 0 Å². The lowest BCUT2D eigenvalue weighted by atomic mass is 10.2. The molecule has 104 valence electrons. The van der Waals surface area contributed by atoms with E-state index in [1.54, 1.807) is 11.3 Å². The van der Waals surface area contributed by atoms with E-state index in [0.29, 0.717) is 11.3 Å². The van der Waals surface area contributed by atoms with Crippen molar-refractivity contribution >= 4 is 34.8 Å². The van der Waals surface area contributed by atoms with Gasteiger partial charge in [-0.1, -0.05) is 12.1 Å². The predicted octanol–water partition coefficient (Wildman–Crippen LogP) is 1.79. The average Bonchev–Trinajstić information content (AvgIpc) is 2.87. The number of carbonyl (C=O) groups is 1. The zero-order valence-electron chi connectivity index (χ0n) is 10.7. The van der Waals surface area contributed by atoms with E-state index < -0.39 is 6.04 Å². The van der Waals surface area contributed by atoms with Crippen LogP contribution in [0.25, 0.3) is 0 Å². The van der Waals surface area contributed by atoms with E-state index in [-0.39, 0.29) is 11.7 Å². The maximum absolute atomic E-state index is 12.2. The van der Waals surface area contributed by atoms with Crippen molar-refractivity contribution in [3.05, 3.63) is 21.4 Å². The number of rotatable bonds is 4. The molecular weight excluding hydrogens is 282 g/mol. The van der Waals surface area contributed by atoms with Crippen LogP contribution in [0.5, 0.6) is 0 Å². The molecule has 1 amide bonds. The van der Waals surface area contributed by atoms with Crippen LogP contribution >= 0.6 is 23.1 Å². The van der Waals surface area contributed by atoms with Crippen molar-refractivity contribution in [3.63, 3.8) is 0 Å². The number of amides is 1. The summed E-state index contributed by atoms with van der Waals surface area (Å²) in [5, 5.41) is 14.4. The molecule has 19 heavy (non-hydrogen) atoms. The first-order valence-electron chi connectivity index (χ1n) is 6.13. The Morgan fingerprint density at radius 3 is 3.11 bits per heavy atom. The molecule has 4 N–H and O–H groups in total. The fourth-order valence-corrected chi connectivity index (χ4v) is 4.22. The first kappa shape index (κ1) is 14.2. The van der Waals surface area contributed by atoms with Gasteiger partial charge >= 0.3 is 0 Å². The van der Waals surface area contributed by atoms with Crippen LogP contribution in [-0.2, 0) is 12.2 Å². The summed E-state index contributed by atoms with van der Waals surface area (Å²) in [5.41, 5.74) is 6.80. The van der Waals surface area contributed by atoms with Crippen molar-refractivity contribution in [1.29, 1.82) is 0 Å². The molecule has 1 aromatic rings. The van der Waals surface area contributed by atoms with Gasteiger partial charge in [-0.25, -0.2) is 0 Å². The number of carbonyl (C=O) groups excluding carboxylic acids is 1. The van der Waals surface area contributed by atoms with Crippen LogP contribution < -0.4 is 11.1 Å². The molecule has 7 heteroatoms. The van der Waals surface area contributed by atoms with Gasteiger partial charge in [0.05, 0.1) is 10.9 Å². The van der Waals surface area contributed by atoms with Gasteiger partial charge in [-0.3, -0.25) is 4.79 Å². The Morgan fingerprint density at radius 1 is 1.68 bits per heavy atom. The maximum Gasteiger partial charge on any atom is 0.261 e. The first-order valence-corrected chi connectivity index (χ1v) is 8.10. The number of nitrogens with zero attached hydrogens (tertiary/aromatic N) is 1. The smallest absolute Gasteiger partial charge is 0.261 e. The number of oxime groups is 1. The molecule has 0 fully saturated rings. The molecule has 1 aromatic heterocycles. The maximum atomic E-state index is 12.2. The van der Waals surface area contributed by atoms with Gasteiger partial charge in [0, 0.05) is 10.6 Å². The van der Waals surface area contributed by atoms with Gasteiger partial charge in [0.15, 0.2) is 5.84 Å². The Bertz CT molecular complexity index is 476. The number of thioether (sulfide) groups is 1. The standard InChI is InChI=1S/C12H17N3O2S2/c1-2-8(11(13)15-17)14-12(16)10-5-7-6-18-4-3-9(7)19-10/h5,8,17H,2-4,6H2,1H3,(H2,13,15)(H,14,16). The van der Waals surface area contributed by atoms with Crippen molar-refractivity contribution < 1.29 is 10.0 Å². The summed E-state index contributed by atoms with van der Waals surface area (Å²) in [4.78, 5) is 14.2. The fraction of sp³-hybridized carbons (Fsp3) is 0.500. The summed E-state index contributed by atoms with van der Waals surface area (Å²) in [6, 6.07) is 1.53. The second kappa shape index (κ2) is 6.29. The number of fused-ring (bicyclic) bond motifs is 1. The fourth-order valence-electron chi connectivity index (χ4n) is 1.94. The van der Waals surface area contributed by atoms with Crippen LogP contribution in [0.3, 0.4) is 0 Å². The molecule has 0 spiro atoms. The minimum Gasteiger partial charge on any atom is -0.409 e. The summed E-state index contributed by atoms with van der Waals surface area (Å²) >= 11 is 3.44. The van der Waals surface area contributed by atoms with E-state index in [2.05, 4.69) is 10.5 Å². The lowest BCUT2D eigenvalue weighted by Crippen LogP contribution is -2.43. The molecule has 0 saturated carbocycles. The monoisotopic (exact) mass is 299 g/mol. The topological polar surface area (TPSA) is 87.7 Å². The van der Waals surface area contributed by atoms with Crippen LogP contribution in [0.4, 0.5) is 0 Å². The lowest BCUT2D eigenvalue weighted by Gasteiger charge is -2.14. The Hall–Kier alpha value is -1.21. The molecule has 1 atom stereocenters. The molecule has 1 aliphatic rings. The van der Waals surface area contributed by atoms with Crippen molar-refractivity contribution in [3.8, 4) is 0 Å². The lowest BCUT2D eigenvalue weighted by molar-refractivity contribution is 0.0949. The predicted molar refractivity (Wildman–Crippen MR) is 79.1 cm³/mol. The molecule has 0 radical (unpaired) electrons. The third kappa shape index (κ3) is 3.22. The van der Waals surface area contributed by atoms with Gasteiger partial charge in [0.2, 0.25) is 0 Å². The number of thiophene rings is 1. The Labute approximate surface area is 120 Å². The summed E-state index contributed by atoms with van der Waals surface area (Å²) in [6.45, 7) is 1.87. The zero-order chi connectivity index (χ0) is 13.8. The number of nitrogens with one attached hydrogen (secondary N) is 1. The van der Waals surface area contributed by atoms with Crippen LogP contribution in [0.1, 0.15) is 33.5 Å². The molecule has 1 unspecified atom stereocenters. The summed E-state index contributed by atoms with van der Waals surface area (Å²) in [7, 11) is 0. The molecule has 1 aliphatic heterocycles. The third-order valence-electron chi connectivity index (χ3n) is 3.04. The average molecular weight is 299 g/mol. The van der Waals surface area contributed by atoms with Gasteiger partial charge in [0.25, 0.3) is 5.91 Å². The van der Waals surface area contributed by atoms with Crippen LogP contribution in [-0.4, -0.2) is 28.7 Å². The summed E-state index contributed by atoms with van der Waals surface area (Å²) in [6.07, 6.45) is 1.62. The Morgan fingerprint density at radius 2 is 2.47 bits per heavy atom. The van der Waals surface area contributed by atoms with Gasteiger partial charge < -0.3 is 16.3 Å². The molecule has 0 aromatic carbocycles. The van der Waals surface area contributed by atoms with Crippen LogP contribution in [0, 0.1) is 0 Å². The minimum atomic E-state index is -0.425. The summed E-state index contributed by atoms with van der Waals surface area (Å²) in [5.74, 6) is 1.99. The number of nitrogens with two attached hydrogens (primary N) is 1. The highest BCUT2D eigenvalue weighted by Gasteiger charge is 2.20. The van der Waals surface area contributed by atoms with E-state index in [0.717, 1.165) is 17.9 Å².